The first-order chi connectivity index (χ1) is 15.3. The predicted molar refractivity (Wildman–Crippen MR) is 143 cm³/mol. The van der Waals surface area contributed by atoms with Crippen LogP contribution in [0.3, 0.4) is 0 Å². The van der Waals surface area contributed by atoms with Crippen LogP contribution in [-0.2, 0) is 16.4 Å². The third-order valence-electron chi connectivity index (χ3n) is 5.94. The smallest absolute Gasteiger partial charge is 0.0846 e. The van der Waals surface area contributed by atoms with Gasteiger partial charge in [0.25, 0.3) is 0 Å². The Hall–Kier alpha value is -2.94. The third kappa shape index (κ3) is 5.90. The van der Waals surface area contributed by atoms with E-state index in [-0.39, 0.29) is 16.4 Å². The minimum Gasteiger partial charge on any atom is -0.374 e. The van der Waals surface area contributed by atoms with Gasteiger partial charge in [-0.05, 0) is 67.0 Å². The number of aliphatic imine (C=N–C) groups is 1. The van der Waals surface area contributed by atoms with Crippen LogP contribution in [-0.4, -0.2) is 10.7 Å². The molecule has 3 heteroatoms. The Morgan fingerprint density at radius 2 is 1.27 bits per heavy atom. The van der Waals surface area contributed by atoms with Gasteiger partial charge in [0.1, 0.15) is 0 Å². The molecule has 0 spiro atoms. The van der Waals surface area contributed by atoms with Gasteiger partial charge in [0, 0.05) is 5.69 Å². The van der Waals surface area contributed by atoms with E-state index in [9.17, 15) is 0 Å². The maximum Gasteiger partial charge on any atom is 0.0846 e. The van der Waals surface area contributed by atoms with Gasteiger partial charge in [-0.1, -0.05) is 84.0 Å². The Kier molecular flexibility index (Phi) is 6.83. The van der Waals surface area contributed by atoms with E-state index in [2.05, 4.69) is 115 Å². The van der Waals surface area contributed by atoms with Crippen LogP contribution in [0, 0.1) is 0 Å². The molecule has 0 unspecified atom stereocenters. The summed E-state index contributed by atoms with van der Waals surface area (Å²) < 4.78 is 0. The van der Waals surface area contributed by atoms with Gasteiger partial charge in [-0.25, -0.2) is 4.98 Å². The van der Waals surface area contributed by atoms with Gasteiger partial charge in [-0.3, -0.25) is 4.99 Å². The lowest BCUT2D eigenvalue weighted by Crippen LogP contribution is -2.31. The van der Waals surface area contributed by atoms with Crippen LogP contribution >= 0.6 is 0 Å². The largest absolute Gasteiger partial charge is 0.374 e. The second-order valence-corrected chi connectivity index (χ2v) is 11.4. The van der Waals surface area contributed by atoms with Crippen molar-refractivity contribution in [2.24, 2.45) is 4.99 Å². The molecule has 1 heterocycles. The normalized spacial score (nSPS) is 13.2. The molecule has 2 aromatic carbocycles. The van der Waals surface area contributed by atoms with Gasteiger partial charge in [0.15, 0.2) is 0 Å². The fraction of sp³-hybridized carbons (Fsp3) is 0.400. The topological polar surface area (TPSA) is 37.3 Å². The van der Waals surface area contributed by atoms with Crippen molar-refractivity contribution in [2.45, 2.75) is 78.7 Å². The van der Waals surface area contributed by atoms with E-state index >= 15 is 0 Å². The van der Waals surface area contributed by atoms with Crippen molar-refractivity contribution < 1.29 is 0 Å². The number of aromatic nitrogens is 1. The monoisotopic (exact) mass is 441 g/mol. The maximum absolute atomic E-state index is 5.03. The van der Waals surface area contributed by atoms with E-state index in [1.54, 1.807) is 0 Å². The van der Waals surface area contributed by atoms with E-state index in [0.717, 1.165) is 28.5 Å². The summed E-state index contributed by atoms with van der Waals surface area (Å²) >= 11 is 0. The molecule has 0 bridgehead atoms. The highest BCUT2D eigenvalue weighted by Crippen LogP contribution is 2.34. The van der Waals surface area contributed by atoms with E-state index in [0.29, 0.717) is 0 Å². The number of nitrogens with zero attached hydrogens (tertiary/aromatic N) is 2. The molecule has 0 aliphatic rings. The molecule has 33 heavy (non-hydrogen) atoms. The molecule has 0 radical (unpaired) electrons. The van der Waals surface area contributed by atoms with Gasteiger partial charge >= 0.3 is 0 Å². The van der Waals surface area contributed by atoms with Crippen LogP contribution in [0.15, 0.2) is 71.7 Å². The number of hydrogen-bond donors (Lipinski definition) is 1. The summed E-state index contributed by atoms with van der Waals surface area (Å²) in [5, 5.41) is 3.75. The molecule has 0 aliphatic heterocycles. The Labute approximate surface area is 200 Å². The average molecular weight is 442 g/mol. The summed E-state index contributed by atoms with van der Waals surface area (Å²) in [6.45, 7) is 19.8. The molecule has 3 nitrogen and oxygen atoms in total. The first kappa shape index (κ1) is 24.7. The number of nitrogens with one attached hydrogen (secondary N) is 1. The maximum atomic E-state index is 5.03. The van der Waals surface area contributed by atoms with Crippen LogP contribution < -0.4 is 5.32 Å². The molecule has 174 valence electrons. The molecule has 1 aromatic heterocycles. The molecule has 1 N–H and O–H groups in total. The van der Waals surface area contributed by atoms with Crippen molar-refractivity contribution in [3.63, 3.8) is 0 Å². The number of para-hydroxylation sites is 2. The van der Waals surface area contributed by atoms with Crippen LogP contribution in [0.25, 0.3) is 0 Å². The van der Waals surface area contributed by atoms with E-state index < -0.39 is 0 Å². The van der Waals surface area contributed by atoms with Crippen molar-refractivity contribution in [1.82, 2.24) is 4.98 Å². The Morgan fingerprint density at radius 3 is 1.91 bits per heavy atom. The Bertz CT molecular complexity index is 1140. The molecular formula is C30H39N3. The van der Waals surface area contributed by atoms with E-state index in [4.69, 9.17) is 9.98 Å². The first-order valence-corrected chi connectivity index (χ1v) is 11.8. The molecule has 0 amide bonds. The lowest BCUT2D eigenvalue weighted by molar-refractivity contribution is 0.566. The second-order valence-electron chi connectivity index (χ2n) is 11.4. The number of pyridine rings is 1. The summed E-state index contributed by atoms with van der Waals surface area (Å²) in [5.41, 5.74) is 7.23. The fourth-order valence-corrected chi connectivity index (χ4v) is 4.07. The molecule has 0 aliphatic carbocycles. The summed E-state index contributed by atoms with van der Waals surface area (Å²) in [5.74, 6) is 0. The first-order valence-electron chi connectivity index (χ1n) is 11.8. The molecule has 0 fully saturated rings. The summed E-state index contributed by atoms with van der Waals surface area (Å²) in [6.07, 6.45) is 0. The van der Waals surface area contributed by atoms with Gasteiger partial charge in [0.05, 0.1) is 28.3 Å². The summed E-state index contributed by atoms with van der Waals surface area (Å²) in [4.78, 5) is 10.0. The van der Waals surface area contributed by atoms with E-state index in [1.807, 2.05) is 19.1 Å². The van der Waals surface area contributed by atoms with Crippen molar-refractivity contribution in [3.05, 3.63) is 89.2 Å². The fourth-order valence-electron chi connectivity index (χ4n) is 4.07. The molecule has 0 atom stereocenters. The minimum absolute atomic E-state index is 0.0298. The highest BCUT2D eigenvalue weighted by Gasteiger charge is 2.26. The molecular weight excluding hydrogens is 402 g/mol. The number of rotatable bonds is 5. The molecule has 0 saturated carbocycles. The summed E-state index contributed by atoms with van der Waals surface area (Å²) in [7, 11) is 0. The standard InChI is InChI=1S/C30H39N3/c1-21(31-25-17-12-10-15-22(25)28(2,3)4)24-19-14-20-27(32-24)30(8,9)33-26-18-13-11-16-23(26)29(5,6)7/h10-20,33H,1-9H3. The van der Waals surface area contributed by atoms with Crippen LogP contribution in [0.1, 0.15) is 84.8 Å². The van der Waals surface area contributed by atoms with Gasteiger partial charge < -0.3 is 5.32 Å². The number of benzene rings is 2. The van der Waals surface area contributed by atoms with Gasteiger partial charge in [0.2, 0.25) is 0 Å². The van der Waals surface area contributed by atoms with Gasteiger partial charge in [-0.2, -0.15) is 0 Å². The molecule has 0 saturated heterocycles. The minimum atomic E-state index is -0.346. The molecule has 3 rings (SSSR count). The summed E-state index contributed by atoms with van der Waals surface area (Å²) in [6, 6.07) is 23.1. The lowest BCUT2D eigenvalue weighted by atomic mass is 9.85. The van der Waals surface area contributed by atoms with Crippen LogP contribution in [0.5, 0.6) is 0 Å². The quantitative estimate of drug-likeness (QED) is 0.405. The second kappa shape index (κ2) is 9.13. The zero-order valence-corrected chi connectivity index (χ0v) is 21.7. The van der Waals surface area contributed by atoms with Crippen LogP contribution in [0.2, 0.25) is 0 Å². The van der Waals surface area contributed by atoms with Crippen molar-refractivity contribution >= 4 is 17.1 Å². The van der Waals surface area contributed by atoms with Crippen molar-refractivity contribution in [3.8, 4) is 0 Å². The average Bonchev–Trinajstić information content (AvgIpc) is 2.73. The molecule has 3 aromatic rings. The van der Waals surface area contributed by atoms with Crippen molar-refractivity contribution in [1.29, 1.82) is 0 Å². The van der Waals surface area contributed by atoms with E-state index in [1.165, 1.54) is 11.1 Å². The lowest BCUT2D eigenvalue weighted by Gasteiger charge is -2.31. The highest BCUT2D eigenvalue weighted by atomic mass is 15.0. The zero-order chi connectivity index (χ0) is 24.4. The van der Waals surface area contributed by atoms with Crippen molar-refractivity contribution in [2.75, 3.05) is 5.32 Å². The predicted octanol–water partition coefficient (Wildman–Crippen LogP) is 8.16. The van der Waals surface area contributed by atoms with Crippen LogP contribution in [0.4, 0.5) is 11.4 Å². The number of hydrogen-bond acceptors (Lipinski definition) is 3. The number of anilines is 1. The SMILES string of the molecule is CC(=Nc1ccccc1C(C)(C)C)c1cccc(C(C)(C)Nc2ccccc2C(C)(C)C)n1. The Balaban J connectivity index is 1.95. The Morgan fingerprint density at radius 1 is 0.697 bits per heavy atom. The zero-order valence-electron chi connectivity index (χ0n) is 21.7. The highest BCUT2D eigenvalue weighted by molar-refractivity contribution is 5.98. The third-order valence-corrected chi connectivity index (χ3v) is 5.94. The van der Waals surface area contributed by atoms with Gasteiger partial charge in [-0.15, -0.1) is 0 Å².